The Hall–Kier alpha value is -1.62. The Morgan fingerprint density at radius 3 is 2.95 bits per heavy atom. The van der Waals surface area contributed by atoms with E-state index in [4.69, 9.17) is 10.3 Å². The average molecular weight is 272 g/mol. The molecule has 19 heavy (non-hydrogen) atoms. The van der Waals surface area contributed by atoms with E-state index in [1.54, 1.807) is 17.6 Å². The van der Waals surface area contributed by atoms with Crippen LogP contribution in [0.4, 0.5) is 0 Å². The fraction of sp³-hybridized carbons (Fsp3) is 0.200. The van der Waals surface area contributed by atoms with Crippen molar-refractivity contribution in [2.24, 2.45) is 5.84 Å². The minimum atomic E-state index is -0.0314. The minimum absolute atomic E-state index is 0.0314. The Morgan fingerprint density at radius 2 is 2.16 bits per heavy atom. The zero-order valence-electron chi connectivity index (χ0n) is 10.7. The number of furan rings is 1. The molecule has 0 aliphatic carbocycles. The number of hydrazine groups is 1. The van der Waals surface area contributed by atoms with Crippen molar-refractivity contribution in [1.82, 2.24) is 5.43 Å². The summed E-state index contributed by atoms with van der Waals surface area (Å²) < 4.78 is 6.79. The summed E-state index contributed by atoms with van der Waals surface area (Å²) in [6.07, 6.45) is 2.59. The number of hydrogen-bond donors (Lipinski definition) is 2. The summed E-state index contributed by atoms with van der Waals surface area (Å²) in [6, 6.07) is 10.4. The molecule has 0 bridgehead atoms. The molecular formula is C15H16N2OS. The summed E-state index contributed by atoms with van der Waals surface area (Å²) >= 11 is 1.74. The summed E-state index contributed by atoms with van der Waals surface area (Å²) in [6.45, 7) is 2.08. The minimum Gasteiger partial charge on any atom is -0.469 e. The highest BCUT2D eigenvalue weighted by molar-refractivity contribution is 7.17. The molecule has 2 heterocycles. The molecule has 3 nitrogen and oxygen atoms in total. The number of benzene rings is 1. The molecule has 0 amide bonds. The number of nitrogens with two attached hydrogens (primary N) is 1. The predicted molar refractivity (Wildman–Crippen MR) is 79.1 cm³/mol. The van der Waals surface area contributed by atoms with Gasteiger partial charge in [0.05, 0.1) is 12.3 Å². The first kappa shape index (κ1) is 12.4. The maximum atomic E-state index is 5.79. The lowest BCUT2D eigenvalue weighted by atomic mass is 9.98. The molecule has 3 rings (SSSR count). The van der Waals surface area contributed by atoms with Gasteiger partial charge in [-0.25, -0.2) is 5.43 Å². The molecule has 0 radical (unpaired) electrons. The van der Waals surface area contributed by atoms with Gasteiger partial charge >= 0.3 is 0 Å². The highest BCUT2D eigenvalue weighted by Crippen LogP contribution is 2.33. The topological polar surface area (TPSA) is 51.2 Å². The second-order valence-electron chi connectivity index (χ2n) is 4.44. The van der Waals surface area contributed by atoms with Gasteiger partial charge in [-0.05, 0) is 28.5 Å². The van der Waals surface area contributed by atoms with Crippen LogP contribution >= 0.6 is 11.3 Å². The van der Waals surface area contributed by atoms with E-state index in [-0.39, 0.29) is 6.04 Å². The highest BCUT2D eigenvalue weighted by Gasteiger charge is 2.20. The SMILES string of the molecule is CCc1occc1C(NN)c1cccc2ccsc12. The van der Waals surface area contributed by atoms with E-state index in [2.05, 4.69) is 42.0 Å². The second-order valence-corrected chi connectivity index (χ2v) is 5.35. The van der Waals surface area contributed by atoms with E-state index in [1.165, 1.54) is 15.6 Å². The van der Waals surface area contributed by atoms with Crippen molar-refractivity contribution in [2.75, 3.05) is 0 Å². The average Bonchev–Trinajstić information content (AvgIpc) is 3.08. The number of rotatable bonds is 4. The Labute approximate surface area is 116 Å². The summed E-state index contributed by atoms with van der Waals surface area (Å²) in [5, 5.41) is 3.36. The second kappa shape index (κ2) is 5.17. The van der Waals surface area contributed by atoms with E-state index in [0.717, 1.165) is 17.7 Å². The maximum absolute atomic E-state index is 5.79. The molecule has 0 saturated heterocycles. The predicted octanol–water partition coefficient (Wildman–Crippen LogP) is 3.61. The number of fused-ring (bicyclic) bond motifs is 1. The van der Waals surface area contributed by atoms with E-state index in [9.17, 15) is 0 Å². The Morgan fingerprint density at radius 1 is 1.26 bits per heavy atom. The Kier molecular flexibility index (Phi) is 3.38. The first-order valence-electron chi connectivity index (χ1n) is 6.33. The quantitative estimate of drug-likeness (QED) is 0.563. The van der Waals surface area contributed by atoms with Crippen LogP contribution in [0.25, 0.3) is 10.1 Å². The third-order valence-corrected chi connectivity index (χ3v) is 4.38. The molecule has 0 fully saturated rings. The van der Waals surface area contributed by atoms with Gasteiger partial charge in [-0.15, -0.1) is 11.3 Å². The standard InChI is InChI=1S/C15H16N2OS/c1-2-13-11(6-8-18-13)14(17-16)12-5-3-4-10-7-9-19-15(10)12/h3-9,14,17H,2,16H2,1H3. The van der Waals surface area contributed by atoms with E-state index in [0.29, 0.717) is 0 Å². The molecule has 0 saturated carbocycles. The van der Waals surface area contributed by atoms with Gasteiger partial charge in [0.2, 0.25) is 0 Å². The molecule has 0 aliphatic rings. The monoisotopic (exact) mass is 272 g/mol. The molecule has 2 aromatic heterocycles. The molecule has 1 aromatic carbocycles. The van der Waals surface area contributed by atoms with Crippen LogP contribution in [0.1, 0.15) is 29.9 Å². The van der Waals surface area contributed by atoms with Crippen LogP contribution in [0, 0.1) is 0 Å². The number of hydrogen-bond acceptors (Lipinski definition) is 4. The van der Waals surface area contributed by atoms with Crippen LogP contribution in [-0.2, 0) is 6.42 Å². The van der Waals surface area contributed by atoms with E-state index >= 15 is 0 Å². The molecule has 98 valence electrons. The van der Waals surface area contributed by atoms with Gasteiger partial charge in [0, 0.05) is 16.7 Å². The number of thiophene rings is 1. The molecular weight excluding hydrogens is 256 g/mol. The summed E-state index contributed by atoms with van der Waals surface area (Å²) in [5.74, 6) is 6.78. The zero-order chi connectivity index (χ0) is 13.2. The van der Waals surface area contributed by atoms with Crippen molar-refractivity contribution < 1.29 is 4.42 Å². The third kappa shape index (κ3) is 2.08. The maximum Gasteiger partial charge on any atom is 0.108 e. The van der Waals surface area contributed by atoms with Gasteiger partial charge in [-0.1, -0.05) is 25.1 Å². The Balaban J connectivity index is 2.15. The van der Waals surface area contributed by atoms with E-state index in [1.807, 2.05) is 6.07 Å². The van der Waals surface area contributed by atoms with Crippen LogP contribution in [0.5, 0.6) is 0 Å². The van der Waals surface area contributed by atoms with Crippen molar-refractivity contribution >= 4 is 21.4 Å². The zero-order valence-corrected chi connectivity index (χ0v) is 11.5. The van der Waals surface area contributed by atoms with Crippen LogP contribution in [0.3, 0.4) is 0 Å². The highest BCUT2D eigenvalue weighted by atomic mass is 32.1. The smallest absolute Gasteiger partial charge is 0.108 e. The van der Waals surface area contributed by atoms with Gasteiger partial charge in [0.25, 0.3) is 0 Å². The van der Waals surface area contributed by atoms with Gasteiger partial charge in [-0.2, -0.15) is 0 Å². The molecule has 1 atom stereocenters. The molecule has 3 aromatic rings. The molecule has 3 N–H and O–H groups in total. The fourth-order valence-electron chi connectivity index (χ4n) is 2.49. The largest absolute Gasteiger partial charge is 0.469 e. The van der Waals surface area contributed by atoms with Crippen LogP contribution in [0.2, 0.25) is 0 Å². The molecule has 0 aliphatic heterocycles. The number of aryl methyl sites for hydroxylation is 1. The van der Waals surface area contributed by atoms with E-state index < -0.39 is 0 Å². The third-order valence-electron chi connectivity index (χ3n) is 3.40. The van der Waals surface area contributed by atoms with Gasteiger partial charge in [0.15, 0.2) is 0 Å². The lowest BCUT2D eigenvalue weighted by Gasteiger charge is -2.17. The van der Waals surface area contributed by atoms with Gasteiger partial charge in [0.1, 0.15) is 5.76 Å². The van der Waals surface area contributed by atoms with Crippen molar-refractivity contribution in [3.8, 4) is 0 Å². The van der Waals surface area contributed by atoms with Crippen molar-refractivity contribution in [3.63, 3.8) is 0 Å². The number of nitrogens with one attached hydrogen (secondary N) is 1. The molecule has 4 heteroatoms. The lowest BCUT2D eigenvalue weighted by Crippen LogP contribution is -2.29. The fourth-order valence-corrected chi connectivity index (χ4v) is 3.43. The lowest BCUT2D eigenvalue weighted by molar-refractivity contribution is 0.502. The summed E-state index contributed by atoms with van der Waals surface area (Å²) in [4.78, 5) is 0. The summed E-state index contributed by atoms with van der Waals surface area (Å²) in [7, 11) is 0. The Bertz CT molecular complexity index is 686. The molecule has 1 unspecified atom stereocenters. The molecule has 0 spiro atoms. The van der Waals surface area contributed by atoms with Crippen molar-refractivity contribution in [3.05, 3.63) is 58.9 Å². The van der Waals surface area contributed by atoms with Crippen LogP contribution in [0.15, 0.2) is 46.4 Å². The van der Waals surface area contributed by atoms with Crippen LogP contribution < -0.4 is 11.3 Å². The first-order valence-corrected chi connectivity index (χ1v) is 7.21. The normalized spacial score (nSPS) is 12.9. The van der Waals surface area contributed by atoms with Crippen LogP contribution in [-0.4, -0.2) is 0 Å². The van der Waals surface area contributed by atoms with Gasteiger partial charge < -0.3 is 4.42 Å². The summed E-state index contributed by atoms with van der Waals surface area (Å²) in [5.41, 5.74) is 5.24. The van der Waals surface area contributed by atoms with Gasteiger partial charge in [-0.3, -0.25) is 5.84 Å². The van der Waals surface area contributed by atoms with Crippen molar-refractivity contribution in [2.45, 2.75) is 19.4 Å². The first-order chi connectivity index (χ1) is 9.35. The van der Waals surface area contributed by atoms with Crippen molar-refractivity contribution in [1.29, 1.82) is 0 Å².